The smallest absolute Gasteiger partial charge is 0.106 e. The van der Waals surface area contributed by atoms with Crippen LogP contribution in [0.25, 0.3) is 0 Å². The maximum Gasteiger partial charge on any atom is 0.106 e. The van der Waals surface area contributed by atoms with E-state index >= 15 is 0 Å². The van der Waals surface area contributed by atoms with Gasteiger partial charge in [-0.05, 0) is 37.5 Å². The van der Waals surface area contributed by atoms with Crippen LogP contribution in [-0.4, -0.2) is 20.5 Å². The van der Waals surface area contributed by atoms with E-state index in [-0.39, 0.29) is 0 Å². The quantitative estimate of drug-likeness (QED) is 0.669. The highest BCUT2D eigenvalue weighted by molar-refractivity contribution is 5.11. The van der Waals surface area contributed by atoms with Crippen LogP contribution >= 0.6 is 0 Å². The van der Waals surface area contributed by atoms with Crippen molar-refractivity contribution in [1.82, 2.24) is 0 Å². The Morgan fingerprint density at radius 1 is 1.53 bits per heavy atom. The Morgan fingerprint density at radius 3 is 2.47 bits per heavy atom. The molecule has 0 aromatic heterocycles. The Hall–Kier alpha value is -0.630. The number of methoxy groups -OCH3 is 1. The Labute approximate surface area is 93.7 Å². The van der Waals surface area contributed by atoms with E-state index in [1.54, 1.807) is 5.57 Å². The molecule has 2 atom stereocenters. The van der Waals surface area contributed by atoms with E-state index in [2.05, 4.69) is 26.8 Å². The fraction of sp³-hybridized carbons (Fsp3) is 0.769. The molecule has 0 aromatic carbocycles. The molecule has 1 rings (SSSR count). The first kappa shape index (κ1) is 14.4. The lowest BCUT2D eigenvalue weighted by Gasteiger charge is -2.27. The number of hydrogen-bond acceptors (Lipinski definition) is 2. The van der Waals surface area contributed by atoms with Crippen molar-refractivity contribution in [1.29, 1.82) is 0 Å². The third-order valence-electron chi connectivity index (χ3n) is 3.26. The number of hydrogen-bond donors (Lipinski definition) is 0. The van der Waals surface area contributed by atoms with Gasteiger partial charge < -0.3 is 9.53 Å². The summed E-state index contributed by atoms with van der Waals surface area (Å²) < 4.78 is 5.30. The first-order chi connectivity index (χ1) is 7.16. The van der Waals surface area contributed by atoms with E-state index < -0.39 is 0 Å². The Bertz CT molecular complexity index is 197. The van der Waals surface area contributed by atoms with E-state index in [0.29, 0.717) is 5.92 Å². The average Bonchev–Trinajstić information content (AvgIpc) is 2.63. The molecule has 2 nitrogen and oxygen atoms in total. The molecule has 15 heavy (non-hydrogen) atoms. The van der Waals surface area contributed by atoms with Crippen LogP contribution in [0.1, 0.15) is 33.6 Å². The zero-order chi connectivity index (χ0) is 11.8. The molecule has 0 heterocycles. The largest absolute Gasteiger partial charge is 0.384 e. The van der Waals surface area contributed by atoms with Gasteiger partial charge in [0, 0.05) is 13.7 Å². The summed E-state index contributed by atoms with van der Waals surface area (Å²) >= 11 is 0. The van der Waals surface area contributed by atoms with Crippen molar-refractivity contribution in [3.8, 4) is 0 Å². The molecular formula is C13H24O2. The lowest BCUT2D eigenvalue weighted by molar-refractivity contribution is -0.0979. The maximum atomic E-state index is 8.00. The fourth-order valence-electron chi connectivity index (χ4n) is 2.39. The number of rotatable bonds is 4. The molecule has 0 aromatic rings. The zero-order valence-electron chi connectivity index (χ0n) is 10.5. The predicted octanol–water partition coefficient (Wildman–Crippen LogP) is 3.08. The summed E-state index contributed by atoms with van der Waals surface area (Å²) in [6.45, 7) is 9.78. The normalized spacial score (nSPS) is 21.9. The van der Waals surface area contributed by atoms with Crippen molar-refractivity contribution in [3.63, 3.8) is 0 Å². The molecule has 0 saturated heterocycles. The lowest BCUT2D eigenvalue weighted by atomic mass is 9.80. The summed E-state index contributed by atoms with van der Waals surface area (Å²) in [7, 11) is 1.81. The minimum atomic E-state index is 0.712. The minimum Gasteiger partial charge on any atom is -0.384 e. The van der Waals surface area contributed by atoms with Crippen LogP contribution in [0.3, 0.4) is 0 Å². The molecular weight excluding hydrogens is 188 g/mol. The molecule has 0 saturated carbocycles. The molecule has 88 valence electrons. The van der Waals surface area contributed by atoms with Crippen molar-refractivity contribution in [2.75, 3.05) is 13.7 Å². The van der Waals surface area contributed by atoms with Gasteiger partial charge in [-0.15, -0.1) is 0 Å². The highest BCUT2D eigenvalue weighted by Crippen LogP contribution is 2.35. The standard InChI is InChI=1S/C12H22O.CH2O/c1-9(2)12(8-13-4)11-7-5-6-10(11)3;1-2/h6,9,11-12H,5,7-8H2,1-4H3;1H2/t11?,12-;/m1./s1. The summed E-state index contributed by atoms with van der Waals surface area (Å²) in [6, 6.07) is 0. The molecule has 1 aliphatic rings. The van der Waals surface area contributed by atoms with Crippen LogP contribution in [0.5, 0.6) is 0 Å². The second kappa shape index (κ2) is 7.63. The van der Waals surface area contributed by atoms with Crippen LogP contribution in [0.2, 0.25) is 0 Å². The molecule has 1 unspecified atom stereocenters. The van der Waals surface area contributed by atoms with Crippen molar-refractivity contribution in [3.05, 3.63) is 11.6 Å². The molecule has 0 spiro atoms. The van der Waals surface area contributed by atoms with Gasteiger partial charge in [-0.25, -0.2) is 0 Å². The molecule has 0 fully saturated rings. The second-order valence-electron chi connectivity index (χ2n) is 4.50. The number of carbonyl (C=O) groups excluding carboxylic acids is 1. The summed E-state index contributed by atoms with van der Waals surface area (Å²) in [4.78, 5) is 8.00. The maximum absolute atomic E-state index is 8.00. The molecule has 0 aliphatic heterocycles. The minimum absolute atomic E-state index is 0.712. The summed E-state index contributed by atoms with van der Waals surface area (Å²) in [5.74, 6) is 2.22. The van der Waals surface area contributed by atoms with Crippen LogP contribution in [0.4, 0.5) is 0 Å². The van der Waals surface area contributed by atoms with E-state index in [9.17, 15) is 0 Å². The fourth-order valence-corrected chi connectivity index (χ4v) is 2.39. The van der Waals surface area contributed by atoms with Gasteiger partial charge in [-0.1, -0.05) is 25.5 Å². The van der Waals surface area contributed by atoms with Gasteiger partial charge in [0.1, 0.15) is 6.79 Å². The van der Waals surface area contributed by atoms with Gasteiger partial charge in [0.05, 0.1) is 0 Å². The summed E-state index contributed by atoms with van der Waals surface area (Å²) in [5, 5.41) is 0. The predicted molar refractivity (Wildman–Crippen MR) is 63.8 cm³/mol. The number of allylic oxidation sites excluding steroid dienone is 2. The van der Waals surface area contributed by atoms with Gasteiger partial charge in [0.25, 0.3) is 0 Å². The topological polar surface area (TPSA) is 26.3 Å². The van der Waals surface area contributed by atoms with Gasteiger partial charge in [0.15, 0.2) is 0 Å². The van der Waals surface area contributed by atoms with E-state index in [1.807, 2.05) is 13.9 Å². The molecule has 0 N–H and O–H groups in total. The highest BCUT2D eigenvalue weighted by Gasteiger charge is 2.27. The van der Waals surface area contributed by atoms with Crippen molar-refractivity contribution in [2.24, 2.45) is 17.8 Å². The highest BCUT2D eigenvalue weighted by atomic mass is 16.5. The van der Waals surface area contributed by atoms with Crippen LogP contribution in [0.15, 0.2) is 11.6 Å². The average molecular weight is 212 g/mol. The Balaban J connectivity index is 0.000000921. The Morgan fingerprint density at radius 2 is 2.13 bits per heavy atom. The van der Waals surface area contributed by atoms with Crippen LogP contribution in [0, 0.1) is 17.8 Å². The van der Waals surface area contributed by atoms with Gasteiger partial charge in [-0.3, -0.25) is 0 Å². The van der Waals surface area contributed by atoms with Gasteiger partial charge >= 0.3 is 0 Å². The SMILES string of the molecule is C=O.COC[C@H](C(C)C)C1CCC=C1C. The lowest BCUT2D eigenvalue weighted by Crippen LogP contribution is -2.24. The first-order valence-corrected chi connectivity index (χ1v) is 5.61. The zero-order valence-corrected chi connectivity index (χ0v) is 10.5. The number of carbonyl (C=O) groups is 1. The first-order valence-electron chi connectivity index (χ1n) is 5.61. The van der Waals surface area contributed by atoms with E-state index in [4.69, 9.17) is 9.53 Å². The third-order valence-corrected chi connectivity index (χ3v) is 3.26. The van der Waals surface area contributed by atoms with Crippen molar-refractivity contribution < 1.29 is 9.53 Å². The van der Waals surface area contributed by atoms with E-state index in [1.165, 1.54) is 12.8 Å². The van der Waals surface area contributed by atoms with Crippen LogP contribution in [-0.2, 0) is 9.53 Å². The molecule has 0 amide bonds. The Kier molecular flexibility index (Phi) is 7.31. The van der Waals surface area contributed by atoms with E-state index in [0.717, 1.165) is 18.4 Å². The van der Waals surface area contributed by atoms with Crippen molar-refractivity contribution in [2.45, 2.75) is 33.6 Å². The summed E-state index contributed by atoms with van der Waals surface area (Å²) in [6.07, 6.45) is 4.98. The summed E-state index contributed by atoms with van der Waals surface area (Å²) in [5.41, 5.74) is 1.58. The number of ether oxygens (including phenoxy) is 1. The molecule has 0 radical (unpaired) electrons. The van der Waals surface area contributed by atoms with Crippen molar-refractivity contribution >= 4 is 6.79 Å². The van der Waals surface area contributed by atoms with Gasteiger partial charge in [0.2, 0.25) is 0 Å². The van der Waals surface area contributed by atoms with Crippen LogP contribution < -0.4 is 0 Å². The molecule has 1 aliphatic carbocycles. The second-order valence-corrected chi connectivity index (χ2v) is 4.50. The third kappa shape index (κ3) is 4.17. The monoisotopic (exact) mass is 212 g/mol. The van der Waals surface area contributed by atoms with Gasteiger partial charge in [-0.2, -0.15) is 0 Å². The molecule has 2 heteroatoms. The molecule has 0 bridgehead atoms.